The van der Waals surface area contributed by atoms with Crippen molar-refractivity contribution in [3.8, 4) is 44.5 Å². The molecular formula is C60H39NO. The molecule has 2 nitrogen and oxygen atoms in total. The molecule has 62 heavy (non-hydrogen) atoms. The molecule has 12 rings (SSSR count). The largest absolute Gasteiger partial charge is 0.456 e. The summed E-state index contributed by atoms with van der Waals surface area (Å²) < 4.78 is 6.30. The lowest BCUT2D eigenvalue weighted by Crippen LogP contribution is -2.11. The van der Waals surface area contributed by atoms with Crippen molar-refractivity contribution in [2.24, 2.45) is 0 Å². The molecule has 11 aromatic carbocycles. The number of anilines is 3. The van der Waals surface area contributed by atoms with Crippen LogP contribution in [0.15, 0.2) is 241 Å². The molecule has 0 radical (unpaired) electrons. The second-order valence-corrected chi connectivity index (χ2v) is 16.0. The first-order chi connectivity index (χ1) is 30.7. The maximum Gasteiger partial charge on any atom is 0.136 e. The van der Waals surface area contributed by atoms with Crippen LogP contribution in [0.5, 0.6) is 0 Å². The van der Waals surface area contributed by atoms with Gasteiger partial charge in [-0.05, 0) is 120 Å². The van der Waals surface area contributed by atoms with Gasteiger partial charge in [-0.3, -0.25) is 0 Å². The summed E-state index contributed by atoms with van der Waals surface area (Å²) in [5, 5.41) is 9.75. The number of para-hydroxylation sites is 1. The normalized spacial score (nSPS) is 11.5. The second-order valence-electron chi connectivity index (χ2n) is 16.0. The van der Waals surface area contributed by atoms with Crippen molar-refractivity contribution < 1.29 is 4.42 Å². The smallest absolute Gasteiger partial charge is 0.136 e. The van der Waals surface area contributed by atoms with E-state index in [2.05, 4.69) is 229 Å². The van der Waals surface area contributed by atoms with Gasteiger partial charge in [0.15, 0.2) is 0 Å². The van der Waals surface area contributed by atoms with Crippen LogP contribution in [0.25, 0.3) is 98.8 Å². The Morgan fingerprint density at radius 1 is 0.274 bits per heavy atom. The maximum atomic E-state index is 6.30. The van der Waals surface area contributed by atoms with Crippen molar-refractivity contribution in [3.05, 3.63) is 237 Å². The summed E-state index contributed by atoms with van der Waals surface area (Å²) in [6.07, 6.45) is 0. The highest BCUT2D eigenvalue weighted by Gasteiger charge is 2.21. The SMILES string of the molecule is c1ccc(-c2ccc(-c3cccc4ccccc34)cc2N(c2ccc(-c3cc4ccccc4c4ccccc34)cc2)c2ccc(-c3cccc4oc5ccccc5c34)cc2)cc1. The number of hydrogen-bond acceptors (Lipinski definition) is 2. The Labute approximate surface area is 360 Å². The first-order valence-corrected chi connectivity index (χ1v) is 21.2. The molecule has 1 heterocycles. The number of fused-ring (bicyclic) bond motifs is 7. The summed E-state index contributed by atoms with van der Waals surface area (Å²) in [5.74, 6) is 0. The fraction of sp³-hybridized carbons (Fsp3) is 0. The number of furan rings is 1. The van der Waals surface area contributed by atoms with Gasteiger partial charge >= 0.3 is 0 Å². The number of rotatable bonds is 7. The van der Waals surface area contributed by atoms with Gasteiger partial charge in [0.2, 0.25) is 0 Å². The summed E-state index contributed by atoms with van der Waals surface area (Å²) in [7, 11) is 0. The van der Waals surface area contributed by atoms with Crippen LogP contribution < -0.4 is 4.90 Å². The van der Waals surface area contributed by atoms with Gasteiger partial charge in [0.1, 0.15) is 11.2 Å². The van der Waals surface area contributed by atoms with Gasteiger partial charge in [0.25, 0.3) is 0 Å². The molecule has 0 fully saturated rings. The van der Waals surface area contributed by atoms with Gasteiger partial charge in [-0.25, -0.2) is 0 Å². The van der Waals surface area contributed by atoms with Crippen LogP contribution in [0.1, 0.15) is 0 Å². The van der Waals surface area contributed by atoms with Crippen molar-refractivity contribution in [1.82, 2.24) is 0 Å². The fourth-order valence-electron chi connectivity index (χ4n) is 9.54. The van der Waals surface area contributed by atoms with Crippen LogP contribution in [-0.2, 0) is 0 Å². The van der Waals surface area contributed by atoms with Crippen molar-refractivity contribution in [3.63, 3.8) is 0 Å². The van der Waals surface area contributed by atoms with E-state index < -0.39 is 0 Å². The molecular weight excluding hydrogens is 751 g/mol. The Morgan fingerprint density at radius 3 is 1.58 bits per heavy atom. The molecule has 0 aliphatic carbocycles. The number of hydrogen-bond donors (Lipinski definition) is 0. The summed E-state index contributed by atoms with van der Waals surface area (Å²) in [6, 6.07) is 85.6. The highest BCUT2D eigenvalue weighted by molar-refractivity contribution is 6.14. The van der Waals surface area contributed by atoms with E-state index in [0.717, 1.165) is 66.8 Å². The third-order valence-electron chi connectivity index (χ3n) is 12.5. The van der Waals surface area contributed by atoms with E-state index in [-0.39, 0.29) is 0 Å². The van der Waals surface area contributed by atoms with Crippen molar-refractivity contribution >= 4 is 71.3 Å². The Morgan fingerprint density at radius 2 is 0.806 bits per heavy atom. The summed E-state index contributed by atoms with van der Waals surface area (Å²) >= 11 is 0. The van der Waals surface area contributed by atoms with Crippen LogP contribution >= 0.6 is 0 Å². The minimum atomic E-state index is 0.895. The minimum absolute atomic E-state index is 0.895. The molecule has 1 aromatic heterocycles. The van der Waals surface area contributed by atoms with E-state index in [0.29, 0.717) is 0 Å². The Kier molecular flexibility index (Phi) is 8.53. The first-order valence-electron chi connectivity index (χ1n) is 21.2. The molecule has 0 atom stereocenters. The molecule has 0 bridgehead atoms. The molecule has 0 aliphatic heterocycles. The molecule has 0 spiro atoms. The van der Waals surface area contributed by atoms with Gasteiger partial charge in [-0.15, -0.1) is 0 Å². The molecule has 290 valence electrons. The maximum absolute atomic E-state index is 6.30. The summed E-state index contributed by atoms with van der Waals surface area (Å²) in [4.78, 5) is 2.43. The highest BCUT2D eigenvalue weighted by Crippen LogP contribution is 2.46. The molecule has 0 aliphatic rings. The zero-order chi connectivity index (χ0) is 41.0. The van der Waals surface area contributed by atoms with Gasteiger partial charge in [-0.2, -0.15) is 0 Å². The molecule has 12 aromatic rings. The predicted molar refractivity (Wildman–Crippen MR) is 263 cm³/mol. The summed E-state index contributed by atoms with van der Waals surface area (Å²) in [6.45, 7) is 0. The highest BCUT2D eigenvalue weighted by atomic mass is 16.3. The lowest BCUT2D eigenvalue weighted by atomic mass is 9.92. The van der Waals surface area contributed by atoms with Crippen LogP contribution in [0.2, 0.25) is 0 Å². The second kappa shape index (κ2) is 14.8. The van der Waals surface area contributed by atoms with Gasteiger partial charge in [0.05, 0.1) is 5.69 Å². The zero-order valence-corrected chi connectivity index (χ0v) is 33.9. The first kappa shape index (κ1) is 35.7. The van der Waals surface area contributed by atoms with Crippen LogP contribution in [0.4, 0.5) is 17.1 Å². The predicted octanol–water partition coefficient (Wildman–Crippen LogP) is 17.2. The lowest BCUT2D eigenvalue weighted by molar-refractivity contribution is 0.669. The molecule has 0 amide bonds. The molecule has 0 saturated heterocycles. The molecule has 0 N–H and O–H groups in total. The van der Waals surface area contributed by atoms with Crippen molar-refractivity contribution in [2.75, 3.05) is 4.90 Å². The average molecular weight is 790 g/mol. The molecule has 0 saturated carbocycles. The third kappa shape index (κ3) is 6.04. The molecule has 0 unspecified atom stereocenters. The minimum Gasteiger partial charge on any atom is -0.456 e. The Balaban J connectivity index is 1.06. The monoisotopic (exact) mass is 789 g/mol. The van der Waals surface area contributed by atoms with Crippen LogP contribution in [0.3, 0.4) is 0 Å². The van der Waals surface area contributed by atoms with Gasteiger partial charge < -0.3 is 9.32 Å². The van der Waals surface area contributed by atoms with E-state index in [1.54, 1.807) is 0 Å². The Bertz CT molecular complexity index is 3610. The van der Waals surface area contributed by atoms with E-state index in [1.165, 1.54) is 49.0 Å². The summed E-state index contributed by atoms with van der Waals surface area (Å²) in [5.41, 5.74) is 14.4. The molecule has 2 heteroatoms. The van der Waals surface area contributed by atoms with E-state index >= 15 is 0 Å². The third-order valence-corrected chi connectivity index (χ3v) is 12.5. The fourth-order valence-corrected chi connectivity index (χ4v) is 9.54. The quantitative estimate of drug-likeness (QED) is 0.150. The average Bonchev–Trinajstić information content (AvgIpc) is 3.74. The van der Waals surface area contributed by atoms with E-state index in [9.17, 15) is 0 Å². The van der Waals surface area contributed by atoms with Gasteiger partial charge in [0, 0.05) is 27.7 Å². The lowest BCUT2D eigenvalue weighted by Gasteiger charge is -2.29. The Hall–Kier alpha value is -8.20. The van der Waals surface area contributed by atoms with E-state index in [4.69, 9.17) is 4.42 Å². The van der Waals surface area contributed by atoms with E-state index in [1.807, 2.05) is 12.1 Å². The van der Waals surface area contributed by atoms with Crippen LogP contribution in [0, 0.1) is 0 Å². The topological polar surface area (TPSA) is 16.4 Å². The number of nitrogens with zero attached hydrogens (tertiary/aromatic N) is 1. The zero-order valence-electron chi connectivity index (χ0n) is 33.9. The van der Waals surface area contributed by atoms with Gasteiger partial charge in [-0.1, -0.05) is 188 Å². The van der Waals surface area contributed by atoms with Crippen molar-refractivity contribution in [2.45, 2.75) is 0 Å². The van der Waals surface area contributed by atoms with Crippen LogP contribution in [-0.4, -0.2) is 0 Å². The van der Waals surface area contributed by atoms with Crippen molar-refractivity contribution in [1.29, 1.82) is 0 Å². The number of benzene rings is 11. The standard InChI is InChI=1S/C60H39NO/c1-2-14-41(15-3-1)51-37-32-45(49-24-12-18-40-16-4-6-19-48(40)49)39-57(51)61(46-33-28-42(29-34-46)52-25-13-27-59-60(52)55-23-10-11-26-58(55)62-59)47-35-30-43(31-36-47)56-38-44-17-5-7-20-50(44)53-21-8-9-22-54(53)56/h1-39H.